The smallest absolute Gasteiger partial charge is 0.344 e. The van der Waals surface area contributed by atoms with Crippen LogP contribution in [-0.2, 0) is 30.9 Å². The van der Waals surface area contributed by atoms with E-state index in [9.17, 15) is 40.3 Å². The number of para-hydroxylation sites is 2. The van der Waals surface area contributed by atoms with E-state index in [0.717, 1.165) is 12.3 Å². The van der Waals surface area contributed by atoms with E-state index in [1.807, 2.05) is 0 Å². The molecule has 0 aliphatic carbocycles. The van der Waals surface area contributed by atoms with E-state index in [-0.39, 0.29) is 23.1 Å². The highest BCUT2D eigenvalue weighted by Gasteiger charge is 2.47. The molecule has 1 fully saturated rings. The quantitative estimate of drug-likeness (QED) is 0.209. The number of pyridine rings is 1. The average molecular weight is 626 g/mol. The molecule has 4 aromatic rings. The summed E-state index contributed by atoms with van der Waals surface area (Å²) in [5.74, 6) is -3.44. The molecule has 1 unspecified atom stereocenters. The van der Waals surface area contributed by atoms with Gasteiger partial charge in [0, 0.05) is 12.4 Å². The Kier molecular flexibility index (Phi) is 7.71. The summed E-state index contributed by atoms with van der Waals surface area (Å²) in [7, 11) is -8.39. The van der Waals surface area contributed by atoms with Crippen LogP contribution in [0, 0.1) is 0 Å². The first-order chi connectivity index (χ1) is 19.8. The molecule has 1 saturated heterocycles. The molecular formula is C25H22F3N5O7S2. The van der Waals surface area contributed by atoms with E-state index in [1.165, 1.54) is 36.5 Å². The van der Waals surface area contributed by atoms with Gasteiger partial charge in [-0.1, -0.05) is 36.4 Å². The summed E-state index contributed by atoms with van der Waals surface area (Å²) in [5, 5.41) is -0.930. The van der Waals surface area contributed by atoms with Gasteiger partial charge in [-0.15, -0.1) is 10.8 Å². The lowest BCUT2D eigenvalue weighted by atomic mass is 10.0. The topological polar surface area (TPSA) is 175 Å². The van der Waals surface area contributed by atoms with Crippen molar-refractivity contribution in [3.63, 3.8) is 0 Å². The molecule has 2 aromatic carbocycles. The molecule has 222 valence electrons. The molecule has 12 nitrogen and oxygen atoms in total. The molecule has 4 N–H and O–H groups in total. The Morgan fingerprint density at radius 2 is 1.83 bits per heavy atom. The van der Waals surface area contributed by atoms with Gasteiger partial charge >= 0.3 is 12.1 Å². The zero-order valence-electron chi connectivity index (χ0n) is 21.2. The lowest BCUT2D eigenvalue weighted by Crippen LogP contribution is -2.42. The van der Waals surface area contributed by atoms with Crippen LogP contribution in [0.2, 0.25) is 0 Å². The van der Waals surface area contributed by atoms with Crippen LogP contribution in [0.25, 0.3) is 11.0 Å². The summed E-state index contributed by atoms with van der Waals surface area (Å²) in [6.07, 6.45) is -3.90. The molecule has 2 atom stereocenters. The zero-order valence-corrected chi connectivity index (χ0v) is 22.9. The van der Waals surface area contributed by atoms with Gasteiger partial charge in [-0.05, 0) is 46.3 Å². The van der Waals surface area contributed by atoms with E-state index >= 15 is 0 Å². The Morgan fingerprint density at radius 1 is 1.12 bits per heavy atom. The van der Waals surface area contributed by atoms with Gasteiger partial charge in [-0.2, -0.15) is 13.2 Å². The molecule has 42 heavy (non-hydrogen) atoms. The number of hydrogen-bond acceptors (Lipinski definition) is 9. The number of carbonyl (C=O) groups is 2. The number of amides is 1. The van der Waals surface area contributed by atoms with Crippen LogP contribution in [0.15, 0.2) is 78.0 Å². The number of nitrogens with zero attached hydrogens (tertiary/aromatic N) is 3. The summed E-state index contributed by atoms with van der Waals surface area (Å²) in [6.45, 7) is 0. The maximum absolute atomic E-state index is 13.7. The number of imidazole rings is 1. The predicted octanol–water partition coefficient (Wildman–Crippen LogP) is 4.18. The van der Waals surface area contributed by atoms with Crippen molar-refractivity contribution in [3.8, 4) is 0 Å². The maximum atomic E-state index is 13.7. The number of halogens is 3. The van der Waals surface area contributed by atoms with Crippen LogP contribution in [0.4, 0.5) is 13.2 Å². The highest BCUT2D eigenvalue weighted by atomic mass is 32.3. The standard InChI is InChI=1S/C25H22F3N5O7S2/c26-25(27,28)24(35)40-33(42(38,39)17-4-3-11-29-14-17)20(23-30-18-5-1-2-6-19(18)31-23)12-15-7-9-16(10-8-15)21-13-22(34)32-41(21,36)37/h1-11,14,20-21,36-37H,12-13H2,(H,30,31)(H,32,34)/t20-,21?/m0/s1. The van der Waals surface area contributed by atoms with Gasteiger partial charge < -0.3 is 9.82 Å². The Labute approximate surface area is 238 Å². The fourth-order valence-corrected chi connectivity index (χ4v) is 7.19. The second-order valence-electron chi connectivity index (χ2n) is 9.24. The lowest BCUT2D eigenvalue weighted by Gasteiger charge is -2.33. The Bertz CT molecular complexity index is 1700. The van der Waals surface area contributed by atoms with Crippen LogP contribution in [0.3, 0.4) is 0 Å². The largest absolute Gasteiger partial charge is 0.492 e. The van der Waals surface area contributed by atoms with Gasteiger partial charge in [0.25, 0.3) is 10.0 Å². The van der Waals surface area contributed by atoms with Crippen molar-refractivity contribution in [3.05, 3.63) is 90.0 Å². The van der Waals surface area contributed by atoms with Gasteiger partial charge in [0.05, 0.1) is 17.5 Å². The Hall–Kier alpha value is -4.03. The number of hydroxylamine groups is 1. The Balaban J connectivity index is 1.59. The monoisotopic (exact) mass is 625 g/mol. The second kappa shape index (κ2) is 11.0. The minimum Gasteiger partial charge on any atom is -0.344 e. The number of alkyl halides is 3. The molecule has 0 spiro atoms. The summed E-state index contributed by atoms with van der Waals surface area (Å²) in [4.78, 5) is 38.7. The van der Waals surface area contributed by atoms with Gasteiger partial charge in [0.1, 0.15) is 22.0 Å². The number of aromatic nitrogens is 3. The van der Waals surface area contributed by atoms with Gasteiger partial charge in [-0.25, -0.2) is 18.2 Å². The highest BCUT2D eigenvalue weighted by Crippen LogP contribution is 2.56. The first-order valence-corrected chi connectivity index (χ1v) is 15.2. The van der Waals surface area contributed by atoms with Gasteiger partial charge in [0.15, 0.2) is 0 Å². The highest BCUT2D eigenvalue weighted by molar-refractivity contribution is 8.23. The summed E-state index contributed by atoms with van der Waals surface area (Å²) < 4.78 is 89.8. The number of benzene rings is 2. The van der Waals surface area contributed by atoms with Crippen LogP contribution in [-0.4, -0.2) is 55.0 Å². The van der Waals surface area contributed by atoms with E-state index in [4.69, 9.17) is 0 Å². The van der Waals surface area contributed by atoms with E-state index < -0.39 is 55.0 Å². The molecular weight excluding hydrogens is 603 g/mol. The fraction of sp³-hybridized carbons (Fsp3) is 0.200. The van der Waals surface area contributed by atoms with Crippen LogP contribution >= 0.6 is 10.8 Å². The van der Waals surface area contributed by atoms with E-state index in [2.05, 4.69) is 24.5 Å². The molecule has 1 aliphatic heterocycles. The summed E-state index contributed by atoms with van der Waals surface area (Å²) >= 11 is 0. The molecule has 0 saturated carbocycles. The van der Waals surface area contributed by atoms with Crippen LogP contribution < -0.4 is 4.72 Å². The van der Waals surface area contributed by atoms with Gasteiger partial charge in [0.2, 0.25) is 5.91 Å². The van der Waals surface area contributed by atoms with Crippen LogP contribution in [0.1, 0.15) is 34.7 Å². The minimum absolute atomic E-state index is 0.0400. The van der Waals surface area contributed by atoms with Gasteiger partial charge in [-0.3, -0.25) is 23.6 Å². The molecule has 0 radical (unpaired) electrons. The number of H-pyrrole nitrogens is 1. The van der Waals surface area contributed by atoms with Crippen molar-refractivity contribution in [2.75, 3.05) is 0 Å². The minimum atomic E-state index is -5.53. The van der Waals surface area contributed by atoms with Crippen molar-refractivity contribution in [1.29, 1.82) is 0 Å². The number of nitrogens with one attached hydrogen (secondary N) is 2. The number of fused-ring (bicyclic) bond motifs is 1. The van der Waals surface area contributed by atoms with E-state index in [1.54, 1.807) is 24.3 Å². The van der Waals surface area contributed by atoms with Crippen molar-refractivity contribution < 1.29 is 45.1 Å². The first kappa shape index (κ1) is 29.5. The number of hydrogen-bond donors (Lipinski definition) is 4. The molecule has 2 aromatic heterocycles. The maximum Gasteiger partial charge on any atom is 0.492 e. The molecule has 5 rings (SSSR count). The van der Waals surface area contributed by atoms with Crippen molar-refractivity contribution in [1.82, 2.24) is 24.1 Å². The third-order valence-electron chi connectivity index (χ3n) is 6.36. The Morgan fingerprint density at radius 3 is 2.43 bits per heavy atom. The number of aromatic amines is 1. The molecule has 1 aliphatic rings. The van der Waals surface area contributed by atoms with E-state index in [0.29, 0.717) is 22.2 Å². The summed E-state index contributed by atoms with van der Waals surface area (Å²) in [6, 6.07) is 13.1. The van der Waals surface area contributed by atoms with Crippen molar-refractivity contribution in [2.24, 2.45) is 0 Å². The molecule has 1 amide bonds. The van der Waals surface area contributed by atoms with Crippen molar-refractivity contribution >= 4 is 43.7 Å². The number of rotatable bonds is 8. The van der Waals surface area contributed by atoms with Crippen LogP contribution in [0.5, 0.6) is 0 Å². The third-order valence-corrected chi connectivity index (χ3v) is 9.76. The fourth-order valence-electron chi connectivity index (χ4n) is 4.38. The number of carbonyl (C=O) groups excluding carboxylic acids is 2. The zero-order chi connectivity index (χ0) is 30.3. The average Bonchev–Trinajstić information content (AvgIpc) is 3.49. The first-order valence-electron chi connectivity index (χ1n) is 12.1. The third kappa shape index (κ3) is 5.95. The SMILES string of the molecule is O=C1CC(c2ccc(C[C@@H](c3nc4ccccc4[nH]3)N(OC(=O)C(F)(F)F)S(=O)(=O)c3cccnc3)cc2)S(O)(O)N1. The normalized spacial score (nSPS) is 18.5. The molecule has 17 heteroatoms. The summed E-state index contributed by atoms with van der Waals surface area (Å²) in [5.41, 5.74) is 1.56. The predicted molar refractivity (Wildman–Crippen MR) is 143 cm³/mol. The molecule has 3 heterocycles. The second-order valence-corrected chi connectivity index (χ2v) is 13.0. The molecule has 0 bridgehead atoms. The van der Waals surface area contributed by atoms with Crippen molar-refractivity contribution in [2.45, 2.75) is 35.2 Å². The number of sulfonamides is 1. The lowest BCUT2D eigenvalue weighted by molar-refractivity contribution is -0.227.